The molecule has 0 radical (unpaired) electrons. The highest BCUT2D eigenvalue weighted by molar-refractivity contribution is 5.93. The molecule has 1 aliphatic rings. The van der Waals surface area contributed by atoms with Crippen LogP contribution >= 0.6 is 0 Å². The zero-order valence-corrected chi connectivity index (χ0v) is 16.4. The zero-order chi connectivity index (χ0) is 20.7. The lowest BCUT2D eigenvalue weighted by Gasteiger charge is -2.32. The first-order chi connectivity index (χ1) is 13.3. The molecular weight excluding hydrogens is 364 g/mol. The molecule has 0 unspecified atom stereocenters. The van der Waals surface area contributed by atoms with Crippen molar-refractivity contribution in [1.82, 2.24) is 4.90 Å². The van der Waals surface area contributed by atoms with Gasteiger partial charge in [-0.05, 0) is 51.0 Å². The largest absolute Gasteiger partial charge is 0.466 e. The minimum atomic E-state index is -0.929. The Kier molecular flexibility index (Phi) is 7.54. The second kappa shape index (κ2) is 9.87. The van der Waals surface area contributed by atoms with Crippen molar-refractivity contribution in [2.45, 2.75) is 39.7 Å². The number of likely N-dealkylation sites (tertiary alicyclic amines) is 1. The average Bonchev–Trinajstić information content (AvgIpc) is 2.67. The number of ether oxygens (including phenoxy) is 2. The Balaban J connectivity index is 1.86. The van der Waals surface area contributed by atoms with Crippen LogP contribution in [0.25, 0.3) is 0 Å². The number of esters is 2. The highest BCUT2D eigenvalue weighted by Crippen LogP contribution is 2.20. The number of hydrogen-bond acceptors (Lipinski definition) is 6. The fraction of sp³-hybridized carbons (Fsp3) is 0.500. The van der Waals surface area contributed by atoms with Crippen LogP contribution in [0.4, 0.5) is 5.69 Å². The molecule has 1 saturated heterocycles. The fourth-order valence-corrected chi connectivity index (χ4v) is 3.02. The van der Waals surface area contributed by atoms with Crippen LogP contribution in [-0.4, -0.2) is 54.5 Å². The first-order valence-electron chi connectivity index (χ1n) is 9.35. The van der Waals surface area contributed by atoms with Gasteiger partial charge >= 0.3 is 11.9 Å². The van der Waals surface area contributed by atoms with Gasteiger partial charge in [0, 0.05) is 25.7 Å². The Hall–Kier alpha value is -2.90. The number of hydrogen-bond donors (Lipinski definition) is 1. The molecule has 0 spiro atoms. The van der Waals surface area contributed by atoms with Gasteiger partial charge in [-0.2, -0.15) is 0 Å². The predicted octanol–water partition coefficient (Wildman–Crippen LogP) is 1.99. The maximum atomic E-state index is 12.5. The maximum Gasteiger partial charge on any atom is 0.338 e. The highest BCUT2D eigenvalue weighted by Gasteiger charge is 2.31. The third kappa shape index (κ3) is 5.80. The summed E-state index contributed by atoms with van der Waals surface area (Å²) in [7, 11) is 0. The monoisotopic (exact) mass is 390 g/mol. The lowest BCUT2D eigenvalue weighted by molar-refractivity contribution is -0.152. The molecule has 28 heavy (non-hydrogen) atoms. The molecule has 1 heterocycles. The van der Waals surface area contributed by atoms with Gasteiger partial charge in [0.2, 0.25) is 5.91 Å². The standard InChI is InChI=1S/C20H26N2O6/c1-4-27-19(25)16-9-11-22(12-10-16)18(24)13(2)28-20(26)15-5-7-17(8-6-15)21-14(3)23/h5-8,13,16H,4,9-12H2,1-3H3,(H,21,23)/t13-/m0/s1. The summed E-state index contributed by atoms with van der Waals surface area (Å²) in [4.78, 5) is 49.2. The van der Waals surface area contributed by atoms with Crippen LogP contribution in [0.15, 0.2) is 24.3 Å². The van der Waals surface area contributed by atoms with E-state index in [1.54, 1.807) is 24.0 Å². The van der Waals surface area contributed by atoms with E-state index in [0.717, 1.165) is 0 Å². The molecule has 2 amide bonds. The summed E-state index contributed by atoms with van der Waals surface area (Å²) < 4.78 is 10.3. The molecule has 1 N–H and O–H groups in total. The van der Waals surface area contributed by atoms with Gasteiger partial charge < -0.3 is 19.7 Å². The molecule has 8 nitrogen and oxygen atoms in total. The van der Waals surface area contributed by atoms with E-state index in [2.05, 4.69) is 5.32 Å². The van der Waals surface area contributed by atoms with Crippen molar-refractivity contribution in [2.24, 2.45) is 5.92 Å². The van der Waals surface area contributed by atoms with Crippen LogP contribution in [0.2, 0.25) is 0 Å². The van der Waals surface area contributed by atoms with Gasteiger partial charge in [0.15, 0.2) is 6.10 Å². The van der Waals surface area contributed by atoms with Crippen LogP contribution in [0.5, 0.6) is 0 Å². The molecule has 1 aliphatic heterocycles. The van der Waals surface area contributed by atoms with Gasteiger partial charge in [0.05, 0.1) is 18.1 Å². The summed E-state index contributed by atoms with van der Waals surface area (Å²) in [5.74, 6) is -1.52. The number of rotatable bonds is 6. The number of nitrogens with zero attached hydrogens (tertiary/aromatic N) is 1. The Morgan fingerprint density at radius 2 is 1.75 bits per heavy atom. The minimum absolute atomic E-state index is 0.191. The van der Waals surface area contributed by atoms with Gasteiger partial charge in [0.25, 0.3) is 5.91 Å². The number of anilines is 1. The summed E-state index contributed by atoms with van der Waals surface area (Å²) in [6, 6.07) is 6.22. The number of nitrogens with one attached hydrogen (secondary N) is 1. The Bertz CT molecular complexity index is 723. The lowest BCUT2D eigenvalue weighted by atomic mass is 9.97. The molecular formula is C20H26N2O6. The van der Waals surface area contributed by atoms with Crippen LogP contribution in [0.3, 0.4) is 0 Å². The fourth-order valence-electron chi connectivity index (χ4n) is 3.02. The van der Waals surface area contributed by atoms with E-state index in [1.807, 2.05) is 0 Å². The number of amides is 2. The van der Waals surface area contributed by atoms with E-state index in [-0.39, 0.29) is 29.3 Å². The first-order valence-corrected chi connectivity index (χ1v) is 9.35. The van der Waals surface area contributed by atoms with Crippen LogP contribution in [0, 0.1) is 5.92 Å². The third-order valence-electron chi connectivity index (χ3n) is 4.50. The van der Waals surface area contributed by atoms with E-state index in [9.17, 15) is 19.2 Å². The van der Waals surface area contributed by atoms with Crippen molar-refractivity contribution in [2.75, 3.05) is 25.0 Å². The lowest BCUT2D eigenvalue weighted by Crippen LogP contribution is -2.45. The van der Waals surface area contributed by atoms with E-state index >= 15 is 0 Å². The van der Waals surface area contributed by atoms with E-state index in [0.29, 0.717) is 38.2 Å². The van der Waals surface area contributed by atoms with E-state index in [4.69, 9.17) is 9.47 Å². The van der Waals surface area contributed by atoms with Crippen LogP contribution in [-0.2, 0) is 23.9 Å². The molecule has 0 aliphatic carbocycles. The second-order valence-electron chi connectivity index (χ2n) is 6.66. The summed E-state index contributed by atoms with van der Waals surface area (Å²) >= 11 is 0. The van der Waals surface area contributed by atoms with Gasteiger partial charge in [-0.1, -0.05) is 0 Å². The SMILES string of the molecule is CCOC(=O)C1CCN(C(=O)[C@H](C)OC(=O)c2ccc(NC(C)=O)cc2)CC1. The highest BCUT2D eigenvalue weighted by atomic mass is 16.5. The van der Waals surface area contributed by atoms with Crippen LogP contribution in [0.1, 0.15) is 44.0 Å². The molecule has 1 aromatic carbocycles. The third-order valence-corrected chi connectivity index (χ3v) is 4.50. The predicted molar refractivity (Wildman–Crippen MR) is 102 cm³/mol. The van der Waals surface area contributed by atoms with E-state index < -0.39 is 12.1 Å². The topological polar surface area (TPSA) is 102 Å². The number of benzene rings is 1. The summed E-state index contributed by atoms with van der Waals surface area (Å²) in [6.07, 6.45) is 0.146. The maximum absolute atomic E-state index is 12.5. The molecule has 152 valence electrons. The number of piperidine rings is 1. The zero-order valence-electron chi connectivity index (χ0n) is 16.4. The average molecular weight is 390 g/mol. The molecule has 8 heteroatoms. The van der Waals surface area contributed by atoms with Gasteiger partial charge in [0.1, 0.15) is 0 Å². The quantitative estimate of drug-likeness (QED) is 0.746. The number of carbonyl (C=O) groups is 4. The van der Waals surface area contributed by atoms with Crippen molar-refractivity contribution < 1.29 is 28.7 Å². The summed E-state index contributed by atoms with van der Waals surface area (Å²) in [5.41, 5.74) is 0.854. The molecule has 2 rings (SSSR count). The molecule has 1 fully saturated rings. The Morgan fingerprint density at radius 1 is 1.14 bits per heavy atom. The second-order valence-corrected chi connectivity index (χ2v) is 6.66. The Morgan fingerprint density at radius 3 is 2.29 bits per heavy atom. The minimum Gasteiger partial charge on any atom is -0.466 e. The molecule has 1 aromatic rings. The molecule has 0 saturated carbocycles. The van der Waals surface area contributed by atoms with Gasteiger partial charge in [-0.15, -0.1) is 0 Å². The number of carbonyl (C=O) groups excluding carboxylic acids is 4. The van der Waals surface area contributed by atoms with Crippen molar-refractivity contribution in [3.63, 3.8) is 0 Å². The van der Waals surface area contributed by atoms with Crippen molar-refractivity contribution in [1.29, 1.82) is 0 Å². The summed E-state index contributed by atoms with van der Waals surface area (Å²) in [6.45, 7) is 5.89. The van der Waals surface area contributed by atoms with Crippen molar-refractivity contribution >= 4 is 29.4 Å². The first kappa shape index (κ1) is 21.4. The molecule has 0 aromatic heterocycles. The molecule has 1 atom stereocenters. The van der Waals surface area contributed by atoms with Crippen molar-refractivity contribution in [3.8, 4) is 0 Å². The van der Waals surface area contributed by atoms with Crippen LogP contribution < -0.4 is 5.32 Å². The van der Waals surface area contributed by atoms with Crippen molar-refractivity contribution in [3.05, 3.63) is 29.8 Å². The smallest absolute Gasteiger partial charge is 0.338 e. The molecule has 0 bridgehead atoms. The van der Waals surface area contributed by atoms with E-state index in [1.165, 1.54) is 26.0 Å². The summed E-state index contributed by atoms with van der Waals surface area (Å²) in [5, 5.41) is 2.61. The normalized spacial score (nSPS) is 15.5. The van der Waals surface area contributed by atoms with Gasteiger partial charge in [-0.25, -0.2) is 4.79 Å². The Labute approximate surface area is 164 Å². The van der Waals surface area contributed by atoms with Gasteiger partial charge in [-0.3, -0.25) is 14.4 Å².